The Labute approximate surface area is 222 Å². The van der Waals surface area contributed by atoms with Crippen LogP contribution < -0.4 is 20.9 Å². The summed E-state index contributed by atoms with van der Waals surface area (Å²) in [5.74, 6) is 0.517. The van der Waals surface area contributed by atoms with E-state index in [1.54, 1.807) is 24.3 Å². The van der Waals surface area contributed by atoms with Gasteiger partial charge in [0.25, 0.3) is 5.91 Å². The van der Waals surface area contributed by atoms with Gasteiger partial charge >= 0.3 is 6.03 Å². The fourth-order valence-corrected chi connectivity index (χ4v) is 4.95. The fraction of sp³-hybridized carbons (Fsp3) is 0.462. The number of benzene rings is 2. The molecule has 0 spiro atoms. The number of ether oxygens (including phenoxy) is 1. The maximum atomic E-state index is 13.3. The summed E-state index contributed by atoms with van der Waals surface area (Å²) >= 11 is 12.3. The fourth-order valence-electron chi connectivity index (χ4n) is 4.46. The Kier molecular flexibility index (Phi) is 9.31. The smallest absolute Gasteiger partial charge is 0.323 e. The number of carbonyl (C=O) groups is 2. The Hall–Kier alpha value is -2.52. The predicted molar refractivity (Wildman–Crippen MR) is 146 cm³/mol. The van der Waals surface area contributed by atoms with Crippen LogP contribution in [0.3, 0.4) is 0 Å². The molecule has 0 saturated carbocycles. The Bertz CT molecular complexity index is 1050. The molecule has 36 heavy (non-hydrogen) atoms. The van der Waals surface area contributed by atoms with E-state index in [1.807, 2.05) is 12.1 Å². The van der Waals surface area contributed by atoms with Crippen LogP contribution in [-0.2, 0) is 4.74 Å². The van der Waals surface area contributed by atoms with E-state index in [-0.39, 0.29) is 5.91 Å². The molecular weight excluding hydrogens is 501 g/mol. The average Bonchev–Trinajstić information content (AvgIpc) is 2.87. The van der Waals surface area contributed by atoms with E-state index in [0.717, 1.165) is 64.5 Å². The molecule has 2 aromatic carbocycles. The van der Waals surface area contributed by atoms with Gasteiger partial charge in [0, 0.05) is 50.6 Å². The van der Waals surface area contributed by atoms with Gasteiger partial charge in [-0.3, -0.25) is 9.69 Å². The zero-order valence-corrected chi connectivity index (χ0v) is 22.0. The number of morpholine rings is 1. The van der Waals surface area contributed by atoms with Crippen LogP contribution in [0.1, 0.15) is 30.1 Å². The molecule has 2 saturated heterocycles. The molecule has 2 aliphatic heterocycles. The van der Waals surface area contributed by atoms with Crippen molar-refractivity contribution in [1.29, 1.82) is 0 Å². The quantitative estimate of drug-likeness (QED) is 0.469. The van der Waals surface area contributed by atoms with Crippen LogP contribution in [0, 0.1) is 5.92 Å². The van der Waals surface area contributed by atoms with Crippen LogP contribution in [0.25, 0.3) is 0 Å². The van der Waals surface area contributed by atoms with Gasteiger partial charge in [0.05, 0.1) is 34.5 Å². The van der Waals surface area contributed by atoms with Gasteiger partial charge in [0.1, 0.15) is 0 Å². The number of rotatable bonds is 7. The number of halogens is 2. The number of hydrogen-bond donors (Lipinski definition) is 3. The minimum absolute atomic E-state index is 0.157. The number of urea groups is 1. The molecule has 2 aromatic rings. The second kappa shape index (κ2) is 12.6. The van der Waals surface area contributed by atoms with Crippen LogP contribution in [0.2, 0.25) is 10.0 Å². The van der Waals surface area contributed by atoms with E-state index in [4.69, 9.17) is 27.9 Å². The van der Waals surface area contributed by atoms with Crippen molar-refractivity contribution in [3.8, 4) is 0 Å². The monoisotopic (exact) mass is 533 g/mol. The van der Waals surface area contributed by atoms with Crippen molar-refractivity contribution in [2.45, 2.75) is 19.8 Å². The van der Waals surface area contributed by atoms with Gasteiger partial charge in [-0.25, -0.2) is 4.79 Å². The third-order valence-electron chi connectivity index (χ3n) is 6.64. The highest BCUT2D eigenvalue weighted by Gasteiger charge is 2.22. The highest BCUT2D eigenvalue weighted by Crippen LogP contribution is 2.31. The molecular formula is C26H33Cl2N5O3. The highest BCUT2D eigenvalue weighted by molar-refractivity contribution is 6.39. The van der Waals surface area contributed by atoms with E-state index < -0.39 is 6.03 Å². The Morgan fingerprint density at radius 1 is 1.00 bits per heavy atom. The summed E-state index contributed by atoms with van der Waals surface area (Å²) in [6.07, 6.45) is 2.16. The number of hydrogen-bond acceptors (Lipinski definition) is 5. The molecule has 0 aliphatic carbocycles. The number of amides is 3. The van der Waals surface area contributed by atoms with Gasteiger partial charge in [-0.15, -0.1) is 0 Å². The van der Waals surface area contributed by atoms with Gasteiger partial charge in [0.15, 0.2) is 0 Å². The maximum Gasteiger partial charge on any atom is 0.323 e. The van der Waals surface area contributed by atoms with Crippen molar-refractivity contribution in [2.24, 2.45) is 5.92 Å². The molecule has 2 fully saturated rings. The number of carbonyl (C=O) groups excluding carboxylic acids is 2. The SMILES string of the molecule is CC1CCN(c2ccc(NC(=O)Nc3c(Cl)cccc3Cl)cc2C(=O)NCCN2CCOCC2)CC1. The van der Waals surface area contributed by atoms with E-state index >= 15 is 0 Å². The molecule has 3 N–H and O–H groups in total. The topological polar surface area (TPSA) is 85.9 Å². The minimum atomic E-state index is -0.497. The predicted octanol–water partition coefficient (Wildman–Crippen LogP) is 4.94. The summed E-state index contributed by atoms with van der Waals surface area (Å²) in [5, 5.41) is 9.23. The van der Waals surface area contributed by atoms with Crippen LogP contribution in [-0.4, -0.2) is 69.3 Å². The largest absolute Gasteiger partial charge is 0.379 e. The molecule has 0 radical (unpaired) electrons. The molecule has 2 aliphatic rings. The normalized spacial score (nSPS) is 17.0. The molecule has 194 valence electrons. The van der Waals surface area contributed by atoms with E-state index in [2.05, 4.69) is 32.7 Å². The number of piperidine rings is 1. The summed E-state index contributed by atoms with van der Waals surface area (Å²) in [6, 6.07) is 9.95. The van der Waals surface area contributed by atoms with Crippen molar-refractivity contribution in [1.82, 2.24) is 10.2 Å². The minimum Gasteiger partial charge on any atom is -0.379 e. The molecule has 4 rings (SSSR count). The van der Waals surface area contributed by atoms with Gasteiger partial charge in [-0.1, -0.05) is 36.2 Å². The van der Waals surface area contributed by atoms with Crippen molar-refractivity contribution >= 4 is 52.2 Å². The first kappa shape index (κ1) is 26.5. The summed E-state index contributed by atoms with van der Waals surface area (Å²) in [7, 11) is 0. The lowest BCUT2D eigenvalue weighted by atomic mass is 9.98. The van der Waals surface area contributed by atoms with Crippen LogP contribution in [0.5, 0.6) is 0 Å². The summed E-state index contributed by atoms with van der Waals surface area (Å²) in [4.78, 5) is 30.5. The first-order valence-electron chi connectivity index (χ1n) is 12.4. The van der Waals surface area contributed by atoms with Gasteiger partial charge in [-0.05, 0) is 49.1 Å². The van der Waals surface area contributed by atoms with Crippen molar-refractivity contribution in [2.75, 3.05) is 68.0 Å². The van der Waals surface area contributed by atoms with E-state index in [1.165, 1.54) is 0 Å². The van der Waals surface area contributed by atoms with Crippen molar-refractivity contribution < 1.29 is 14.3 Å². The van der Waals surface area contributed by atoms with Gasteiger partial charge in [-0.2, -0.15) is 0 Å². The van der Waals surface area contributed by atoms with Gasteiger partial charge in [0.2, 0.25) is 0 Å². The average molecular weight is 534 g/mol. The number of para-hydroxylation sites is 1. The first-order valence-corrected chi connectivity index (χ1v) is 13.2. The van der Waals surface area contributed by atoms with Crippen LogP contribution in [0.4, 0.5) is 21.9 Å². The lowest BCUT2D eigenvalue weighted by Crippen LogP contribution is -2.41. The zero-order chi connectivity index (χ0) is 25.5. The molecule has 0 atom stereocenters. The second-order valence-corrected chi connectivity index (χ2v) is 10.1. The van der Waals surface area contributed by atoms with Crippen LogP contribution in [0.15, 0.2) is 36.4 Å². The molecule has 0 aromatic heterocycles. The summed E-state index contributed by atoms with van der Waals surface area (Å²) < 4.78 is 5.39. The molecule has 0 unspecified atom stereocenters. The number of nitrogens with zero attached hydrogens (tertiary/aromatic N) is 2. The van der Waals surface area contributed by atoms with E-state index in [0.29, 0.717) is 39.4 Å². The Morgan fingerprint density at radius 2 is 1.69 bits per heavy atom. The van der Waals surface area contributed by atoms with Crippen molar-refractivity contribution in [3.63, 3.8) is 0 Å². The maximum absolute atomic E-state index is 13.3. The lowest BCUT2D eigenvalue weighted by molar-refractivity contribution is 0.0383. The van der Waals surface area contributed by atoms with Crippen LogP contribution >= 0.6 is 23.2 Å². The summed E-state index contributed by atoms with van der Waals surface area (Å²) in [5.41, 5.74) is 2.26. The first-order chi connectivity index (χ1) is 17.4. The lowest BCUT2D eigenvalue weighted by Gasteiger charge is -2.33. The molecule has 3 amide bonds. The molecule has 0 bridgehead atoms. The third-order valence-corrected chi connectivity index (χ3v) is 7.27. The van der Waals surface area contributed by atoms with Crippen molar-refractivity contribution in [3.05, 3.63) is 52.0 Å². The zero-order valence-electron chi connectivity index (χ0n) is 20.5. The highest BCUT2D eigenvalue weighted by atomic mass is 35.5. The Morgan fingerprint density at radius 3 is 2.39 bits per heavy atom. The second-order valence-electron chi connectivity index (χ2n) is 9.29. The standard InChI is InChI=1S/C26H33Cl2N5O3/c1-18-7-10-33(11-8-18)23-6-5-19(30-26(35)31-24-21(27)3-2-4-22(24)28)17-20(23)25(34)29-9-12-32-13-15-36-16-14-32/h2-6,17-18H,7-16H2,1H3,(H,29,34)(H2,30,31,35). The molecule has 10 heteroatoms. The Balaban J connectivity index is 1.47. The number of anilines is 3. The summed E-state index contributed by atoms with van der Waals surface area (Å²) in [6.45, 7) is 8.55. The number of nitrogens with one attached hydrogen (secondary N) is 3. The third kappa shape index (κ3) is 7.03. The molecule has 8 nitrogen and oxygen atoms in total. The van der Waals surface area contributed by atoms with Gasteiger partial charge < -0.3 is 25.6 Å². The van der Waals surface area contributed by atoms with E-state index in [9.17, 15) is 9.59 Å². The molecule has 2 heterocycles.